The van der Waals surface area contributed by atoms with Gasteiger partial charge in [-0.2, -0.15) is 0 Å². The first-order valence-corrected chi connectivity index (χ1v) is 4.11. The highest BCUT2D eigenvalue weighted by molar-refractivity contribution is 8.18. The number of primary amides is 1. The van der Waals surface area contributed by atoms with Crippen LogP contribution in [0.2, 0.25) is 0 Å². The summed E-state index contributed by atoms with van der Waals surface area (Å²) in [5.41, 5.74) is 4.89. The van der Waals surface area contributed by atoms with Crippen LogP contribution in [0.1, 0.15) is 0 Å². The summed E-state index contributed by atoms with van der Waals surface area (Å²) in [5, 5.41) is 11.6. The second-order valence-electron chi connectivity index (χ2n) is 1.84. The predicted octanol–water partition coefficient (Wildman–Crippen LogP) is 0.0758. The molecule has 0 saturated heterocycles. The molecule has 1 unspecified atom stereocenters. The number of amides is 1. The van der Waals surface area contributed by atoms with E-state index >= 15 is 0 Å². The summed E-state index contributed by atoms with van der Waals surface area (Å²) < 4.78 is -0.491. The lowest BCUT2D eigenvalue weighted by Gasteiger charge is -2.04. The zero-order valence-electron chi connectivity index (χ0n) is 5.43. The van der Waals surface area contributed by atoms with Crippen molar-refractivity contribution in [2.45, 2.75) is 0 Å². The molecule has 6 heteroatoms. The molecule has 1 aliphatic rings. The average Bonchev–Trinajstić information content (AvgIpc) is 2.32. The van der Waals surface area contributed by atoms with Gasteiger partial charge in [0.25, 0.3) is 5.91 Å². The number of hydrogen-bond donors (Lipinski definition) is 2. The van der Waals surface area contributed by atoms with E-state index in [4.69, 9.17) is 5.73 Å². The Bertz CT molecular complexity index is 271. The van der Waals surface area contributed by atoms with Crippen molar-refractivity contribution >= 4 is 17.0 Å². The van der Waals surface area contributed by atoms with Crippen LogP contribution in [0.3, 0.4) is 0 Å². The fourth-order valence-corrected chi connectivity index (χ4v) is 1.87. The summed E-state index contributed by atoms with van der Waals surface area (Å²) in [5.74, 6) is -0.710. The van der Waals surface area contributed by atoms with Crippen molar-refractivity contribution < 1.29 is 9.12 Å². The van der Waals surface area contributed by atoms with Crippen LogP contribution in [0.4, 0.5) is 0 Å². The van der Waals surface area contributed by atoms with Crippen molar-refractivity contribution in [3.8, 4) is 0 Å². The molecular formula is C5H6N2O3S. The molecule has 11 heavy (non-hydrogen) atoms. The van der Waals surface area contributed by atoms with Crippen LogP contribution in [0, 0.1) is 10.1 Å². The van der Waals surface area contributed by atoms with Gasteiger partial charge in [-0.15, -0.1) is 0 Å². The van der Waals surface area contributed by atoms with E-state index in [9.17, 15) is 14.9 Å². The molecule has 0 spiro atoms. The van der Waals surface area contributed by atoms with Crippen molar-refractivity contribution in [1.29, 1.82) is 0 Å². The molecule has 0 aromatic heterocycles. The number of hydrogen-bond acceptors (Lipinski definition) is 3. The molecule has 0 radical (unpaired) electrons. The van der Waals surface area contributed by atoms with Crippen LogP contribution >= 0.6 is 11.1 Å². The minimum atomic E-state index is -1.68. The molecular weight excluding hydrogens is 168 g/mol. The van der Waals surface area contributed by atoms with Crippen LogP contribution in [0.25, 0.3) is 0 Å². The van der Waals surface area contributed by atoms with Crippen molar-refractivity contribution in [1.82, 2.24) is 0 Å². The topological polar surface area (TPSA) is 86.2 Å². The van der Waals surface area contributed by atoms with Crippen molar-refractivity contribution in [3.63, 3.8) is 0 Å². The zero-order chi connectivity index (χ0) is 8.43. The van der Waals surface area contributed by atoms with Gasteiger partial charge in [0.1, 0.15) is 4.91 Å². The molecule has 0 aromatic rings. The summed E-state index contributed by atoms with van der Waals surface area (Å²) in [6, 6.07) is 0. The van der Waals surface area contributed by atoms with E-state index in [1.807, 2.05) is 0 Å². The highest BCUT2D eigenvalue weighted by Gasteiger charge is 2.24. The standard InChI is InChI=1S/C5H6N2O3S/c6-5(8)4-2-1-3-11(4)7(9)10/h1-3,11H,(H2,6,8). The van der Waals surface area contributed by atoms with Crippen molar-refractivity contribution in [2.24, 2.45) is 5.73 Å². The summed E-state index contributed by atoms with van der Waals surface area (Å²) in [6.07, 6.45) is 2.87. The molecule has 5 nitrogen and oxygen atoms in total. The van der Waals surface area contributed by atoms with Gasteiger partial charge in [0, 0.05) is 5.41 Å². The largest absolute Gasteiger partial charge is 0.365 e. The summed E-state index contributed by atoms with van der Waals surface area (Å²) in [6.45, 7) is 0. The lowest BCUT2D eigenvalue weighted by atomic mass is 10.5. The Labute approximate surface area is 65.2 Å². The Morgan fingerprint density at radius 1 is 1.73 bits per heavy atom. The maximum absolute atomic E-state index is 10.5. The quantitative estimate of drug-likeness (QED) is 0.353. The third-order valence-electron chi connectivity index (χ3n) is 1.16. The summed E-state index contributed by atoms with van der Waals surface area (Å²) in [7, 11) is 0. The van der Waals surface area contributed by atoms with E-state index < -0.39 is 21.3 Å². The van der Waals surface area contributed by atoms with Gasteiger partial charge in [-0.1, -0.05) is 6.08 Å². The van der Waals surface area contributed by atoms with Crippen LogP contribution in [0.5, 0.6) is 0 Å². The van der Waals surface area contributed by atoms with Gasteiger partial charge in [0.2, 0.25) is 0 Å². The maximum Gasteiger partial charge on any atom is 0.259 e. The van der Waals surface area contributed by atoms with E-state index in [2.05, 4.69) is 0 Å². The SMILES string of the molecule is NC(=O)C1=CC=C[SH]1[N+](=O)[O-]. The molecule has 0 fully saturated rings. The molecule has 0 aliphatic carbocycles. The number of nitrogens with two attached hydrogens (primary N) is 1. The molecule has 2 N–H and O–H groups in total. The van der Waals surface area contributed by atoms with Crippen molar-refractivity contribution in [2.75, 3.05) is 0 Å². The molecule has 0 saturated carbocycles. The maximum atomic E-state index is 10.5. The van der Waals surface area contributed by atoms with E-state index in [-0.39, 0.29) is 4.91 Å². The Kier molecular flexibility index (Phi) is 1.95. The molecule has 1 aliphatic heterocycles. The smallest absolute Gasteiger partial charge is 0.259 e. The Hall–Kier alpha value is -1.30. The van der Waals surface area contributed by atoms with Crippen LogP contribution in [-0.4, -0.2) is 10.2 Å². The van der Waals surface area contributed by atoms with Gasteiger partial charge in [0.15, 0.2) is 0 Å². The van der Waals surface area contributed by atoms with Gasteiger partial charge in [0.05, 0.1) is 15.4 Å². The fraction of sp³-hybridized carbons (Fsp3) is 0. The lowest BCUT2D eigenvalue weighted by molar-refractivity contribution is -0.287. The van der Waals surface area contributed by atoms with E-state index in [1.54, 1.807) is 0 Å². The third kappa shape index (κ3) is 1.40. The zero-order valence-corrected chi connectivity index (χ0v) is 6.32. The highest BCUT2D eigenvalue weighted by atomic mass is 32.2. The molecule has 0 bridgehead atoms. The molecule has 1 rings (SSSR count). The number of thiol groups is 1. The number of carbonyl (C=O) groups is 1. The number of nitrogens with zero attached hydrogens (tertiary/aromatic N) is 1. The molecule has 0 aromatic carbocycles. The first kappa shape index (κ1) is 7.80. The summed E-state index contributed by atoms with van der Waals surface area (Å²) in [4.78, 5) is 20.9. The lowest BCUT2D eigenvalue weighted by Crippen LogP contribution is -2.14. The highest BCUT2D eigenvalue weighted by Crippen LogP contribution is 2.40. The van der Waals surface area contributed by atoms with Gasteiger partial charge in [-0.05, 0) is 6.08 Å². The van der Waals surface area contributed by atoms with E-state index in [0.717, 1.165) is 0 Å². The Balaban J connectivity index is 2.85. The molecule has 60 valence electrons. The Morgan fingerprint density at radius 2 is 2.36 bits per heavy atom. The number of nitro groups is 1. The van der Waals surface area contributed by atoms with Gasteiger partial charge in [-0.3, -0.25) is 14.9 Å². The normalized spacial score (nSPS) is 24.7. The van der Waals surface area contributed by atoms with E-state index in [1.165, 1.54) is 17.6 Å². The predicted molar refractivity (Wildman–Crippen MR) is 42.4 cm³/mol. The molecule has 1 amide bonds. The van der Waals surface area contributed by atoms with Gasteiger partial charge < -0.3 is 5.73 Å². The first-order valence-electron chi connectivity index (χ1n) is 2.75. The van der Waals surface area contributed by atoms with Gasteiger partial charge in [-0.25, -0.2) is 0 Å². The average molecular weight is 174 g/mol. The summed E-state index contributed by atoms with van der Waals surface area (Å²) >= 11 is -1.68. The Morgan fingerprint density at radius 3 is 2.73 bits per heavy atom. The molecule has 1 atom stereocenters. The van der Waals surface area contributed by atoms with Crippen LogP contribution in [-0.2, 0) is 4.79 Å². The van der Waals surface area contributed by atoms with Crippen LogP contribution < -0.4 is 5.73 Å². The van der Waals surface area contributed by atoms with E-state index in [0.29, 0.717) is 0 Å². The third-order valence-corrected chi connectivity index (χ3v) is 2.83. The van der Waals surface area contributed by atoms with Gasteiger partial charge >= 0.3 is 0 Å². The molecule has 1 heterocycles. The number of rotatable bonds is 2. The second kappa shape index (κ2) is 2.75. The first-order chi connectivity index (χ1) is 5.13. The van der Waals surface area contributed by atoms with Crippen molar-refractivity contribution in [3.05, 3.63) is 32.6 Å². The number of carbonyl (C=O) groups excluding carboxylic acids is 1. The minimum absolute atomic E-state index is 0.102. The monoisotopic (exact) mass is 174 g/mol. The second-order valence-corrected chi connectivity index (χ2v) is 3.64. The number of allylic oxidation sites excluding steroid dienone is 2. The fourth-order valence-electron chi connectivity index (χ4n) is 0.710. The van der Waals surface area contributed by atoms with Crippen LogP contribution in [0.15, 0.2) is 22.5 Å². The minimum Gasteiger partial charge on any atom is -0.365 e.